The molecule has 1 aliphatic rings. The van der Waals surface area contributed by atoms with E-state index >= 15 is 0 Å². The summed E-state index contributed by atoms with van der Waals surface area (Å²) in [6, 6.07) is 12.5. The molecular weight excluding hydrogens is 250 g/mol. The van der Waals surface area contributed by atoms with E-state index in [1.54, 1.807) is 14.2 Å². The van der Waals surface area contributed by atoms with Crippen molar-refractivity contribution in [2.75, 3.05) is 20.8 Å². The molecule has 0 atom stereocenters. The maximum Gasteiger partial charge on any atom is 0.130 e. The van der Waals surface area contributed by atoms with Gasteiger partial charge in [-0.1, -0.05) is 18.2 Å². The number of hydrogen-bond donors (Lipinski definition) is 1. The molecule has 1 aliphatic heterocycles. The summed E-state index contributed by atoms with van der Waals surface area (Å²) < 4.78 is 10.8. The van der Waals surface area contributed by atoms with Crippen LogP contribution in [0.3, 0.4) is 0 Å². The molecule has 0 fully saturated rings. The highest BCUT2D eigenvalue weighted by molar-refractivity contribution is 5.75. The molecule has 3 nitrogen and oxygen atoms in total. The number of hydrogen-bond acceptors (Lipinski definition) is 3. The van der Waals surface area contributed by atoms with E-state index in [0.717, 1.165) is 36.6 Å². The number of fused-ring (bicyclic) bond motifs is 1. The smallest absolute Gasteiger partial charge is 0.130 e. The third-order valence-electron chi connectivity index (χ3n) is 3.84. The Hall–Kier alpha value is -2.00. The minimum Gasteiger partial charge on any atom is -0.497 e. The minimum atomic E-state index is 0.813. The molecule has 0 spiro atoms. The molecule has 104 valence electrons. The third kappa shape index (κ3) is 2.25. The van der Waals surface area contributed by atoms with Crippen LogP contribution in [0.5, 0.6) is 11.5 Å². The largest absolute Gasteiger partial charge is 0.497 e. The van der Waals surface area contributed by atoms with Crippen molar-refractivity contribution in [3.05, 3.63) is 47.5 Å². The summed E-state index contributed by atoms with van der Waals surface area (Å²) in [5, 5.41) is 3.45. The number of rotatable bonds is 3. The zero-order valence-corrected chi connectivity index (χ0v) is 11.9. The van der Waals surface area contributed by atoms with E-state index in [4.69, 9.17) is 9.47 Å². The second-order valence-corrected chi connectivity index (χ2v) is 4.94. The van der Waals surface area contributed by atoms with E-state index in [1.165, 1.54) is 16.7 Å². The Morgan fingerprint density at radius 2 is 1.90 bits per heavy atom. The Morgan fingerprint density at radius 1 is 1.00 bits per heavy atom. The van der Waals surface area contributed by atoms with Gasteiger partial charge in [0.25, 0.3) is 0 Å². The van der Waals surface area contributed by atoms with Crippen LogP contribution in [-0.2, 0) is 13.0 Å². The van der Waals surface area contributed by atoms with Crippen molar-refractivity contribution in [3.8, 4) is 22.6 Å². The molecule has 3 rings (SSSR count). The fourth-order valence-electron chi connectivity index (χ4n) is 2.79. The van der Waals surface area contributed by atoms with Gasteiger partial charge in [-0.2, -0.15) is 0 Å². The lowest BCUT2D eigenvalue weighted by Crippen LogP contribution is -2.24. The Kier molecular flexibility index (Phi) is 3.61. The predicted molar refractivity (Wildman–Crippen MR) is 80.4 cm³/mol. The Bertz CT molecular complexity index is 622. The molecule has 0 aromatic heterocycles. The highest BCUT2D eigenvalue weighted by Gasteiger charge is 2.16. The highest BCUT2D eigenvalue weighted by Crippen LogP contribution is 2.36. The molecule has 1 N–H and O–H groups in total. The third-order valence-corrected chi connectivity index (χ3v) is 3.84. The van der Waals surface area contributed by atoms with E-state index in [9.17, 15) is 0 Å². The lowest BCUT2D eigenvalue weighted by atomic mass is 9.91. The van der Waals surface area contributed by atoms with Gasteiger partial charge in [0.15, 0.2) is 0 Å². The van der Waals surface area contributed by atoms with Crippen molar-refractivity contribution < 1.29 is 9.47 Å². The van der Waals surface area contributed by atoms with Gasteiger partial charge in [0.05, 0.1) is 14.2 Å². The van der Waals surface area contributed by atoms with Gasteiger partial charge in [0.1, 0.15) is 11.5 Å². The summed E-state index contributed by atoms with van der Waals surface area (Å²) in [5.41, 5.74) is 5.17. The molecule has 0 amide bonds. The van der Waals surface area contributed by atoms with E-state index in [1.807, 2.05) is 12.1 Å². The molecule has 2 aromatic rings. The molecule has 0 saturated heterocycles. The topological polar surface area (TPSA) is 30.5 Å². The first-order valence-corrected chi connectivity index (χ1v) is 6.87. The van der Waals surface area contributed by atoms with Crippen molar-refractivity contribution in [2.24, 2.45) is 0 Å². The zero-order chi connectivity index (χ0) is 13.9. The normalized spacial score (nSPS) is 13.7. The highest BCUT2D eigenvalue weighted by atomic mass is 16.5. The van der Waals surface area contributed by atoms with Crippen LogP contribution >= 0.6 is 0 Å². The Labute approximate surface area is 119 Å². The first kappa shape index (κ1) is 13.0. The van der Waals surface area contributed by atoms with Gasteiger partial charge in [0, 0.05) is 18.2 Å². The molecule has 1 heterocycles. The van der Waals surface area contributed by atoms with Crippen LogP contribution in [0.1, 0.15) is 11.1 Å². The summed E-state index contributed by atoms with van der Waals surface area (Å²) in [7, 11) is 3.37. The molecule has 20 heavy (non-hydrogen) atoms. The fraction of sp³-hybridized carbons (Fsp3) is 0.294. The Morgan fingerprint density at radius 3 is 2.70 bits per heavy atom. The summed E-state index contributed by atoms with van der Waals surface area (Å²) in [5.74, 6) is 1.66. The SMILES string of the molecule is COc1ccc(-c2cccc3c2CNCC3)c(OC)c1. The molecule has 2 aromatic carbocycles. The van der Waals surface area contributed by atoms with Gasteiger partial charge < -0.3 is 14.8 Å². The van der Waals surface area contributed by atoms with Gasteiger partial charge in [-0.15, -0.1) is 0 Å². The second-order valence-electron chi connectivity index (χ2n) is 4.94. The van der Waals surface area contributed by atoms with Crippen molar-refractivity contribution in [1.82, 2.24) is 5.32 Å². The predicted octanol–water partition coefficient (Wildman–Crippen LogP) is 3.02. The van der Waals surface area contributed by atoms with Crippen molar-refractivity contribution >= 4 is 0 Å². The molecular formula is C17H19NO2. The van der Waals surface area contributed by atoms with Crippen LogP contribution in [0.15, 0.2) is 36.4 Å². The van der Waals surface area contributed by atoms with Crippen LogP contribution in [0, 0.1) is 0 Å². The molecule has 0 unspecified atom stereocenters. The van der Waals surface area contributed by atoms with Gasteiger partial charge >= 0.3 is 0 Å². The van der Waals surface area contributed by atoms with E-state index in [0.29, 0.717) is 0 Å². The number of methoxy groups -OCH3 is 2. The molecule has 3 heteroatoms. The van der Waals surface area contributed by atoms with Crippen molar-refractivity contribution in [1.29, 1.82) is 0 Å². The van der Waals surface area contributed by atoms with Crippen LogP contribution in [-0.4, -0.2) is 20.8 Å². The summed E-state index contributed by atoms with van der Waals surface area (Å²) in [6.07, 6.45) is 1.08. The average molecular weight is 269 g/mol. The summed E-state index contributed by atoms with van der Waals surface area (Å²) in [4.78, 5) is 0. The van der Waals surface area contributed by atoms with Gasteiger partial charge in [-0.05, 0) is 41.8 Å². The average Bonchev–Trinajstić information content (AvgIpc) is 2.53. The standard InChI is InChI=1S/C17H19NO2/c1-19-13-6-7-15(17(10-13)20-2)14-5-3-4-12-8-9-18-11-16(12)14/h3-7,10,18H,8-9,11H2,1-2H3. The molecule has 0 aliphatic carbocycles. The first-order chi connectivity index (χ1) is 9.83. The lowest BCUT2D eigenvalue weighted by molar-refractivity contribution is 0.395. The van der Waals surface area contributed by atoms with Crippen LogP contribution in [0.25, 0.3) is 11.1 Å². The van der Waals surface area contributed by atoms with E-state index in [-0.39, 0.29) is 0 Å². The lowest BCUT2D eigenvalue weighted by Gasteiger charge is -2.21. The van der Waals surface area contributed by atoms with Crippen molar-refractivity contribution in [3.63, 3.8) is 0 Å². The fourth-order valence-corrected chi connectivity index (χ4v) is 2.79. The summed E-state index contributed by atoms with van der Waals surface area (Å²) in [6.45, 7) is 1.97. The van der Waals surface area contributed by atoms with Crippen molar-refractivity contribution in [2.45, 2.75) is 13.0 Å². The second kappa shape index (κ2) is 5.55. The van der Waals surface area contributed by atoms with Crippen LogP contribution < -0.4 is 14.8 Å². The summed E-state index contributed by atoms with van der Waals surface area (Å²) >= 11 is 0. The molecule has 0 saturated carbocycles. The zero-order valence-electron chi connectivity index (χ0n) is 11.9. The van der Waals surface area contributed by atoms with Gasteiger partial charge in [-0.25, -0.2) is 0 Å². The Balaban J connectivity index is 2.13. The monoisotopic (exact) mass is 269 g/mol. The number of benzene rings is 2. The van der Waals surface area contributed by atoms with E-state index in [2.05, 4.69) is 29.6 Å². The van der Waals surface area contributed by atoms with Crippen LogP contribution in [0.2, 0.25) is 0 Å². The number of nitrogens with one attached hydrogen (secondary N) is 1. The maximum absolute atomic E-state index is 5.53. The van der Waals surface area contributed by atoms with Gasteiger partial charge in [0.2, 0.25) is 0 Å². The van der Waals surface area contributed by atoms with Crippen LogP contribution in [0.4, 0.5) is 0 Å². The van der Waals surface area contributed by atoms with Gasteiger partial charge in [-0.3, -0.25) is 0 Å². The maximum atomic E-state index is 5.53. The molecule has 0 bridgehead atoms. The molecule has 0 radical (unpaired) electrons. The van der Waals surface area contributed by atoms with E-state index < -0.39 is 0 Å². The first-order valence-electron chi connectivity index (χ1n) is 6.87. The minimum absolute atomic E-state index is 0.813. The number of ether oxygens (including phenoxy) is 2. The quantitative estimate of drug-likeness (QED) is 0.929.